The van der Waals surface area contributed by atoms with Gasteiger partial charge in [0.1, 0.15) is 0 Å². The molecule has 3 rings (SSSR count). The topological polar surface area (TPSA) is 104 Å². The molecule has 1 aromatic carbocycles. The standard InChI is InChI=1S/C17H18N4O4S/c22-16(23)7-4-14-2-5-15(6-3-14)26(24,25)21-12-10-20(11-13-21)17-18-8-1-9-19-17/h1-9H,10-13H2,(H,22,23)/b7-4+. The normalized spacial score (nSPS) is 16.1. The Balaban J connectivity index is 1.68. The Morgan fingerprint density at radius 3 is 2.23 bits per heavy atom. The average Bonchev–Trinajstić information content (AvgIpc) is 2.67. The third kappa shape index (κ3) is 4.06. The van der Waals surface area contributed by atoms with Gasteiger partial charge >= 0.3 is 5.97 Å². The lowest BCUT2D eigenvalue weighted by Gasteiger charge is -2.33. The summed E-state index contributed by atoms with van der Waals surface area (Å²) in [4.78, 5) is 21.0. The first-order valence-corrected chi connectivity index (χ1v) is 9.44. The highest BCUT2D eigenvalue weighted by Crippen LogP contribution is 2.20. The molecule has 8 nitrogen and oxygen atoms in total. The first-order chi connectivity index (χ1) is 12.5. The quantitative estimate of drug-likeness (QED) is 0.781. The van der Waals surface area contributed by atoms with Crippen LogP contribution in [0.2, 0.25) is 0 Å². The molecule has 1 N–H and O–H groups in total. The Morgan fingerprint density at radius 1 is 1.04 bits per heavy atom. The van der Waals surface area contributed by atoms with E-state index < -0.39 is 16.0 Å². The monoisotopic (exact) mass is 374 g/mol. The van der Waals surface area contributed by atoms with E-state index in [9.17, 15) is 13.2 Å². The molecule has 136 valence electrons. The largest absolute Gasteiger partial charge is 0.478 e. The van der Waals surface area contributed by atoms with Crippen molar-refractivity contribution in [3.63, 3.8) is 0 Å². The second-order valence-corrected chi connectivity index (χ2v) is 7.62. The van der Waals surface area contributed by atoms with Gasteiger partial charge in [-0.25, -0.2) is 23.2 Å². The van der Waals surface area contributed by atoms with Crippen molar-refractivity contribution in [2.45, 2.75) is 4.90 Å². The number of rotatable bonds is 5. The first kappa shape index (κ1) is 18.0. The highest BCUT2D eigenvalue weighted by Gasteiger charge is 2.29. The molecule has 0 unspecified atom stereocenters. The summed E-state index contributed by atoms with van der Waals surface area (Å²) in [6.45, 7) is 1.73. The molecule has 1 saturated heterocycles. The second kappa shape index (κ2) is 7.63. The van der Waals surface area contributed by atoms with E-state index in [1.54, 1.807) is 30.6 Å². The summed E-state index contributed by atoms with van der Waals surface area (Å²) in [5.74, 6) is -0.457. The highest BCUT2D eigenvalue weighted by atomic mass is 32.2. The molecule has 0 atom stereocenters. The SMILES string of the molecule is O=C(O)/C=C/c1ccc(S(=O)(=O)N2CCN(c3ncccn3)CC2)cc1. The second-order valence-electron chi connectivity index (χ2n) is 5.68. The molecular weight excluding hydrogens is 356 g/mol. The summed E-state index contributed by atoms with van der Waals surface area (Å²) in [7, 11) is -3.59. The Bertz CT molecular complexity index is 890. The predicted molar refractivity (Wildman–Crippen MR) is 96.1 cm³/mol. The van der Waals surface area contributed by atoms with E-state index in [1.165, 1.54) is 22.5 Å². The maximum Gasteiger partial charge on any atom is 0.328 e. The van der Waals surface area contributed by atoms with Crippen LogP contribution in [-0.4, -0.2) is 59.9 Å². The maximum atomic E-state index is 12.8. The van der Waals surface area contributed by atoms with Crippen LogP contribution in [0.3, 0.4) is 0 Å². The zero-order chi connectivity index (χ0) is 18.6. The van der Waals surface area contributed by atoms with Crippen LogP contribution < -0.4 is 4.90 Å². The van der Waals surface area contributed by atoms with Crippen LogP contribution in [0.15, 0.2) is 53.7 Å². The molecule has 2 heterocycles. The van der Waals surface area contributed by atoms with Gasteiger partial charge in [0.2, 0.25) is 16.0 Å². The zero-order valence-electron chi connectivity index (χ0n) is 13.9. The van der Waals surface area contributed by atoms with Crippen molar-refractivity contribution in [2.75, 3.05) is 31.1 Å². The number of benzene rings is 1. The van der Waals surface area contributed by atoms with Crippen LogP contribution in [-0.2, 0) is 14.8 Å². The fraction of sp³-hybridized carbons (Fsp3) is 0.235. The number of carboxylic acids is 1. The van der Waals surface area contributed by atoms with Crippen molar-refractivity contribution < 1.29 is 18.3 Å². The summed E-state index contributed by atoms with van der Waals surface area (Å²) in [6, 6.07) is 7.88. The van der Waals surface area contributed by atoms with Crippen molar-refractivity contribution in [1.82, 2.24) is 14.3 Å². The van der Waals surface area contributed by atoms with Gasteiger partial charge in [-0.05, 0) is 29.8 Å². The Kier molecular flexibility index (Phi) is 5.29. The number of hydrogen-bond donors (Lipinski definition) is 1. The molecule has 26 heavy (non-hydrogen) atoms. The molecule has 1 aliphatic rings. The number of aromatic nitrogens is 2. The smallest absolute Gasteiger partial charge is 0.328 e. The maximum absolute atomic E-state index is 12.8. The summed E-state index contributed by atoms with van der Waals surface area (Å²) >= 11 is 0. The molecule has 0 radical (unpaired) electrons. The summed E-state index contributed by atoms with van der Waals surface area (Å²) in [6.07, 6.45) is 5.74. The van der Waals surface area contributed by atoms with Gasteiger partial charge in [-0.15, -0.1) is 0 Å². The van der Waals surface area contributed by atoms with Crippen LogP contribution in [0, 0.1) is 0 Å². The third-order valence-corrected chi connectivity index (χ3v) is 5.92. The molecule has 0 amide bonds. The van der Waals surface area contributed by atoms with Crippen LogP contribution in [0.5, 0.6) is 0 Å². The van der Waals surface area contributed by atoms with Crippen molar-refractivity contribution in [3.05, 3.63) is 54.4 Å². The Labute approximate surface area is 151 Å². The van der Waals surface area contributed by atoms with Crippen LogP contribution in [0.4, 0.5) is 5.95 Å². The van der Waals surface area contributed by atoms with E-state index in [4.69, 9.17) is 5.11 Å². The molecule has 0 saturated carbocycles. The van der Waals surface area contributed by atoms with Gasteiger partial charge in [-0.2, -0.15) is 4.31 Å². The average molecular weight is 374 g/mol. The number of carbonyl (C=O) groups is 1. The van der Waals surface area contributed by atoms with Crippen molar-refractivity contribution in [1.29, 1.82) is 0 Å². The lowest BCUT2D eigenvalue weighted by molar-refractivity contribution is -0.131. The fourth-order valence-electron chi connectivity index (χ4n) is 2.65. The number of carboxylic acid groups (broad SMARTS) is 1. The lowest BCUT2D eigenvalue weighted by Crippen LogP contribution is -2.49. The van der Waals surface area contributed by atoms with Gasteiger partial charge in [0, 0.05) is 44.6 Å². The van der Waals surface area contributed by atoms with Crippen LogP contribution in [0.1, 0.15) is 5.56 Å². The van der Waals surface area contributed by atoms with Crippen molar-refractivity contribution in [2.24, 2.45) is 0 Å². The number of anilines is 1. The number of hydrogen-bond acceptors (Lipinski definition) is 6. The van der Waals surface area contributed by atoms with E-state index in [-0.39, 0.29) is 4.90 Å². The third-order valence-electron chi connectivity index (χ3n) is 4.01. The van der Waals surface area contributed by atoms with E-state index >= 15 is 0 Å². The molecule has 1 aromatic heterocycles. The van der Waals surface area contributed by atoms with Gasteiger partial charge in [0.15, 0.2) is 0 Å². The molecule has 2 aromatic rings. The van der Waals surface area contributed by atoms with Gasteiger partial charge in [-0.3, -0.25) is 0 Å². The minimum atomic E-state index is -3.59. The molecular formula is C17H18N4O4S. The fourth-order valence-corrected chi connectivity index (χ4v) is 4.07. The predicted octanol–water partition coefficient (Wildman–Crippen LogP) is 1.09. The molecule has 0 bridgehead atoms. The van der Waals surface area contributed by atoms with E-state index in [2.05, 4.69) is 9.97 Å². The van der Waals surface area contributed by atoms with Gasteiger partial charge in [0.25, 0.3) is 0 Å². The molecule has 9 heteroatoms. The number of piperazine rings is 1. The molecule has 0 aliphatic carbocycles. The van der Waals surface area contributed by atoms with Gasteiger partial charge in [-0.1, -0.05) is 12.1 Å². The molecule has 1 aliphatic heterocycles. The van der Waals surface area contributed by atoms with Gasteiger partial charge in [0.05, 0.1) is 4.90 Å². The van der Waals surface area contributed by atoms with Crippen LogP contribution >= 0.6 is 0 Å². The van der Waals surface area contributed by atoms with Gasteiger partial charge < -0.3 is 10.0 Å². The number of nitrogens with zero attached hydrogens (tertiary/aromatic N) is 4. The van der Waals surface area contributed by atoms with E-state index in [0.717, 1.165) is 6.08 Å². The lowest BCUT2D eigenvalue weighted by atomic mass is 10.2. The van der Waals surface area contributed by atoms with Crippen LogP contribution in [0.25, 0.3) is 6.08 Å². The summed E-state index contributed by atoms with van der Waals surface area (Å²) < 4.78 is 27.0. The first-order valence-electron chi connectivity index (χ1n) is 8.00. The number of aliphatic carboxylic acids is 1. The number of sulfonamides is 1. The van der Waals surface area contributed by atoms with Crippen molar-refractivity contribution >= 4 is 28.0 Å². The molecule has 1 fully saturated rings. The minimum absolute atomic E-state index is 0.189. The summed E-state index contributed by atoms with van der Waals surface area (Å²) in [5, 5.41) is 8.63. The Hall–Kier alpha value is -2.78. The molecule has 0 spiro atoms. The van der Waals surface area contributed by atoms with Crippen molar-refractivity contribution in [3.8, 4) is 0 Å². The zero-order valence-corrected chi connectivity index (χ0v) is 14.7. The van der Waals surface area contributed by atoms with E-state index in [0.29, 0.717) is 37.7 Å². The van der Waals surface area contributed by atoms with E-state index in [1.807, 2.05) is 4.90 Å². The Morgan fingerprint density at radius 2 is 1.65 bits per heavy atom. The summed E-state index contributed by atoms with van der Waals surface area (Å²) in [5.41, 5.74) is 0.623. The minimum Gasteiger partial charge on any atom is -0.478 e. The highest BCUT2D eigenvalue weighted by molar-refractivity contribution is 7.89.